The summed E-state index contributed by atoms with van der Waals surface area (Å²) >= 11 is 1.42. The van der Waals surface area contributed by atoms with Gasteiger partial charge in [0.2, 0.25) is 5.69 Å². The smallest absolute Gasteiger partial charge is 0.264 e. The molecule has 1 aromatic heterocycles. The van der Waals surface area contributed by atoms with E-state index >= 15 is 0 Å². The lowest BCUT2D eigenvalue weighted by atomic mass is 10.0. The molecule has 2 saturated heterocycles. The second-order valence-corrected chi connectivity index (χ2v) is 10.5. The van der Waals surface area contributed by atoms with Crippen LogP contribution < -0.4 is 10.2 Å². The number of hydrogen-bond donors (Lipinski definition) is 2. The average molecular weight is 505 g/mol. The summed E-state index contributed by atoms with van der Waals surface area (Å²) in [7, 11) is 1.92. The third kappa shape index (κ3) is 4.87. The maximum Gasteiger partial charge on any atom is 0.264 e. The summed E-state index contributed by atoms with van der Waals surface area (Å²) in [6, 6.07) is 14.9. The molecule has 0 bridgehead atoms. The number of halogens is 1. The highest BCUT2D eigenvalue weighted by molar-refractivity contribution is 7.18. The molecule has 2 aliphatic rings. The van der Waals surface area contributed by atoms with Gasteiger partial charge in [-0.2, -0.15) is 0 Å². The van der Waals surface area contributed by atoms with Gasteiger partial charge < -0.3 is 20.2 Å². The number of carbonyl (C=O) groups is 1. The lowest BCUT2D eigenvalue weighted by Gasteiger charge is -2.32. The first kappa shape index (κ1) is 24.4. The molecule has 1 amide bonds. The van der Waals surface area contributed by atoms with Crippen molar-refractivity contribution in [2.75, 3.05) is 38.1 Å². The van der Waals surface area contributed by atoms with Crippen LogP contribution in [0.5, 0.6) is 0 Å². The summed E-state index contributed by atoms with van der Waals surface area (Å²) in [6.45, 7) is 10.00. The number of likely N-dealkylation sites (N-methyl/N-ethyl adjacent to an activating group) is 1. The Kier molecular flexibility index (Phi) is 7.06. The van der Waals surface area contributed by atoms with Crippen molar-refractivity contribution in [3.05, 3.63) is 70.6 Å². The Bertz CT molecular complexity index is 1300. The Hall–Kier alpha value is -3.25. The lowest BCUT2D eigenvalue weighted by Crippen LogP contribution is -2.46. The molecule has 2 aliphatic heterocycles. The minimum atomic E-state index is -0.566. The van der Waals surface area contributed by atoms with Crippen molar-refractivity contribution in [2.45, 2.75) is 31.4 Å². The fourth-order valence-electron chi connectivity index (χ4n) is 5.04. The first-order chi connectivity index (χ1) is 17.5. The van der Waals surface area contributed by atoms with E-state index in [4.69, 9.17) is 6.57 Å². The standard InChI is InChI=1S/C28H29FN4O2S/c1-30-20-4-3-12-33(16-20)28(35)26-15-23(19-7-10-25(31-2)24(29)14-19)27(36-26)18-5-8-21(9-6-18)32-13-11-22(34)17-32/h5-10,14-15,20,22,30,34H,3-4,11-13,16-17H2,1H3/t20-,22-/m1/s1. The van der Waals surface area contributed by atoms with Crippen molar-refractivity contribution < 1.29 is 14.3 Å². The number of nitrogens with one attached hydrogen (secondary N) is 1. The van der Waals surface area contributed by atoms with E-state index in [2.05, 4.69) is 15.1 Å². The molecule has 2 atom stereocenters. The number of piperidine rings is 1. The van der Waals surface area contributed by atoms with Crippen molar-refractivity contribution in [3.63, 3.8) is 0 Å². The van der Waals surface area contributed by atoms with E-state index in [1.165, 1.54) is 23.5 Å². The molecule has 36 heavy (non-hydrogen) atoms. The maximum absolute atomic E-state index is 14.5. The number of thiophene rings is 1. The zero-order valence-electron chi connectivity index (χ0n) is 20.2. The molecule has 3 aromatic rings. The van der Waals surface area contributed by atoms with Gasteiger partial charge in [-0.1, -0.05) is 24.3 Å². The minimum Gasteiger partial charge on any atom is -0.391 e. The SMILES string of the molecule is [C-]#[N+]c1ccc(-c2cc(C(=O)N3CCC[C@@H](NC)C3)sc2-c2ccc(N3CC[C@@H](O)C3)cc2)cc1F. The summed E-state index contributed by atoms with van der Waals surface area (Å²) in [6.07, 6.45) is 2.47. The fourth-order valence-corrected chi connectivity index (χ4v) is 6.20. The summed E-state index contributed by atoms with van der Waals surface area (Å²) in [4.78, 5) is 22.3. The molecule has 2 aromatic carbocycles. The van der Waals surface area contributed by atoms with Crippen molar-refractivity contribution in [1.29, 1.82) is 0 Å². The molecule has 0 saturated carbocycles. The molecule has 6 nitrogen and oxygen atoms in total. The molecular formula is C28H29FN4O2S. The summed E-state index contributed by atoms with van der Waals surface area (Å²) in [5.41, 5.74) is 3.40. The number of hydrogen-bond acceptors (Lipinski definition) is 5. The van der Waals surface area contributed by atoms with Crippen LogP contribution in [0.3, 0.4) is 0 Å². The molecule has 8 heteroatoms. The second-order valence-electron chi connectivity index (χ2n) is 9.45. The molecule has 3 heterocycles. The van der Waals surface area contributed by atoms with Gasteiger partial charge in [0, 0.05) is 48.3 Å². The number of β-amino-alcohol motifs (C(OH)–C–C–N with tert-alkyl or cyclic N) is 1. The van der Waals surface area contributed by atoms with Crippen LogP contribution in [-0.2, 0) is 0 Å². The van der Waals surface area contributed by atoms with E-state index in [1.807, 2.05) is 42.3 Å². The Morgan fingerprint density at radius 2 is 1.89 bits per heavy atom. The van der Waals surface area contributed by atoms with Gasteiger partial charge in [-0.3, -0.25) is 4.79 Å². The first-order valence-electron chi connectivity index (χ1n) is 12.3. The van der Waals surface area contributed by atoms with Gasteiger partial charge in [0.25, 0.3) is 5.91 Å². The maximum atomic E-state index is 14.5. The van der Waals surface area contributed by atoms with Gasteiger partial charge in [-0.25, -0.2) is 9.24 Å². The predicted octanol–water partition coefficient (Wildman–Crippen LogP) is 5.17. The van der Waals surface area contributed by atoms with Crippen LogP contribution in [0.1, 0.15) is 28.9 Å². The number of likely N-dealkylation sites (tertiary alicyclic amines) is 1. The van der Waals surface area contributed by atoms with Crippen LogP contribution in [0.15, 0.2) is 48.5 Å². The number of anilines is 1. The van der Waals surface area contributed by atoms with E-state index in [1.54, 1.807) is 6.07 Å². The first-order valence-corrected chi connectivity index (χ1v) is 13.1. The molecule has 0 radical (unpaired) electrons. The number of carbonyl (C=O) groups excluding carboxylic acids is 1. The monoisotopic (exact) mass is 504 g/mol. The van der Waals surface area contributed by atoms with E-state index in [0.717, 1.165) is 54.0 Å². The third-order valence-electron chi connectivity index (χ3n) is 7.10. The third-order valence-corrected chi connectivity index (χ3v) is 8.27. The fraction of sp³-hybridized carbons (Fsp3) is 0.357. The van der Waals surface area contributed by atoms with Crippen LogP contribution in [0.4, 0.5) is 15.8 Å². The summed E-state index contributed by atoms with van der Waals surface area (Å²) in [5.74, 6) is -0.572. The van der Waals surface area contributed by atoms with Crippen molar-refractivity contribution in [1.82, 2.24) is 10.2 Å². The minimum absolute atomic E-state index is 0.00613. The van der Waals surface area contributed by atoms with Crippen LogP contribution >= 0.6 is 11.3 Å². The van der Waals surface area contributed by atoms with Crippen molar-refractivity contribution in [2.24, 2.45) is 0 Å². The van der Waals surface area contributed by atoms with Gasteiger partial charge in [0.05, 0.1) is 17.6 Å². The Labute approximate surface area is 214 Å². The van der Waals surface area contributed by atoms with E-state index in [9.17, 15) is 14.3 Å². The lowest BCUT2D eigenvalue weighted by molar-refractivity contribution is 0.0703. The van der Waals surface area contributed by atoms with E-state index in [-0.39, 0.29) is 23.7 Å². The number of aliphatic hydroxyl groups excluding tert-OH is 1. The number of benzene rings is 2. The van der Waals surface area contributed by atoms with Crippen LogP contribution in [0.25, 0.3) is 26.4 Å². The number of aliphatic hydroxyl groups is 1. The normalized spacial score (nSPS) is 19.9. The molecule has 5 rings (SSSR count). The van der Waals surface area contributed by atoms with E-state index in [0.29, 0.717) is 23.5 Å². The molecular weight excluding hydrogens is 475 g/mol. The quantitative estimate of drug-likeness (QED) is 0.471. The Morgan fingerprint density at radius 3 is 2.56 bits per heavy atom. The van der Waals surface area contributed by atoms with Crippen LogP contribution in [0, 0.1) is 12.4 Å². The van der Waals surface area contributed by atoms with Gasteiger partial charge in [-0.15, -0.1) is 11.3 Å². The largest absolute Gasteiger partial charge is 0.391 e. The zero-order chi connectivity index (χ0) is 25.2. The van der Waals surface area contributed by atoms with Gasteiger partial charge >= 0.3 is 0 Å². The van der Waals surface area contributed by atoms with Gasteiger partial charge in [0.1, 0.15) is 5.82 Å². The average Bonchev–Trinajstić information content (AvgIpc) is 3.55. The van der Waals surface area contributed by atoms with E-state index < -0.39 is 5.82 Å². The second kappa shape index (κ2) is 10.4. The van der Waals surface area contributed by atoms with Crippen molar-refractivity contribution >= 4 is 28.6 Å². The van der Waals surface area contributed by atoms with Gasteiger partial charge in [-0.05, 0) is 61.7 Å². The number of nitrogens with zero attached hydrogens (tertiary/aromatic N) is 3. The Balaban J connectivity index is 1.52. The summed E-state index contributed by atoms with van der Waals surface area (Å²) < 4.78 is 14.5. The highest BCUT2D eigenvalue weighted by Crippen LogP contribution is 2.41. The Morgan fingerprint density at radius 1 is 1.11 bits per heavy atom. The predicted molar refractivity (Wildman–Crippen MR) is 142 cm³/mol. The van der Waals surface area contributed by atoms with Gasteiger partial charge in [0.15, 0.2) is 0 Å². The molecule has 0 unspecified atom stereocenters. The van der Waals surface area contributed by atoms with Crippen LogP contribution in [-0.4, -0.2) is 61.3 Å². The topological polar surface area (TPSA) is 60.2 Å². The molecule has 0 aliphatic carbocycles. The molecule has 2 N–H and O–H groups in total. The molecule has 0 spiro atoms. The molecule has 2 fully saturated rings. The number of amides is 1. The number of rotatable bonds is 5. The van der Waals surface area contributed by atoms with Crippen LogP contribution in [0.2, 0.25) is 0 Å². The zero-order valence-corrected chi connectivity index (χ0v) is 21.0. The molecule has 186 valence electrons. The van der Waals surface area contributed by atoms with Crippen molar-refractivity contribution in [3.8, 4) is 21.6 Å². The highest BCUT2D eigenvalue weighted by Gasteiger charge is 2.27. The highest BCUT2D eigenvalue weighted by atomic mass is 32.1. The summed E-state index contributed by atoms with van der Waals surface area (Å²) in [5, 5.41) is 13.2.